The number of hydrogen-bond donors (Lipinski definition) is 0. The van der Waals surface area contributed by atoms with Gasteiger partial charge >= 0.3 is 5.97 Å². The molecule has 0 saturated carbocycles. The lowest BCUT2D eigenvalue weighted by molar-refractivity contribution is -0.139. The average Bonchev–Trinajstić information content (AvgIpc) is 2.93. The Balaban J connectivity index is 2.19. The summed E-state index contributed by atoms with van der Waals surface area (Å²) in [6, 6.07) is 5.01. The van der Waals surface area contributed by atoms with Crippen molar-refractivity contribution in [2.75, 3.05) is 27.1 Å². The molecule has 0 spiro atoms. The first-order valence-electron chi connectivity index (χ1n) is 6.02. The molecule has 21 heavy (non-hydrogen) atoms. The second-order valence-electron chi connectivity index (χ2n) is 4.04. The van der Waals surface area contributed by atoms with Gasteiger partial charge in [-0.1, -0.05) is 11.6 Å². The maximum atomic E-state index is 11.7. The van der Waals surface area contributed by atoms with E-state index in [1.807, 2.05) is 0 Å². The summed E-state index contributed by atoms with van der Waals surface area (Å²) in [5.74, 6) is 0.206. The number of esters is 1. The zero-order valence-electron chi connectivity index (χ0n) is 11.2. The van der Waals surface area contributed by atoms with Gasteiger partial charge in [-0.2, -0.15) is 5.26 Å². The molecule has 0 bridgehead atoms. The predicted octanol–water partition coefficient (Wildman–Crippen LogP) is 2.17. The number of nitrogens with zero attached hydrogens (tertiary/aromatic N) is 1. The first-order chi connectivity index (χ1) is 10.2. The van der Waals surface area contributed by atoms with Gasteiger partial charge in [0.05, 0.1) is 11.6 Å². The maximum absolute atomic E-state index is 11.7. The van der Waals surface area contributed by atoms with Crippen molar-refractivity contribution in [3.05, 3.63) is 28.3 Å². The Bertz CT molecular complexity index is 621. The van der Waals surface area contributed by atoms with E-state index in [1.165, 1.54) is 13.2 Å². The Morgan fingerprint density at radius 1 is 1.48 bits per heavy atom. The molecule has 2 rings (SSSR count). The van der Waals surface area contributed by atoms with Crippen LogP contribution in [-0.2, 0) is 14.3 Å². The van der Waals surface area contributed by atoms with Crippen molar-refractivity contribution < 1.29 is 23.7 Å². The van der Waals surface area contributed by atoms with E-state index < -0.39 is 5.97 Å². The number of ether oxygens (including phenoxy) is 4. The molecule has 0 unspecified atom stereocenters. The van der Waals surface area contributed by atoms with E-state index in [-0.39, 0.29) is 25.6 Å². The van der Waals surface area contributed by atoms with Crippen LogP contribution in [-0.4, -0.2) is 33.1 Å². The van der Waals surface area contributed by atoms with E-state index >= 15 is 0 Å². The van der Waals surface area contributed by atoms with E-state index in [2.05, 4.69) is 0 Å². The van der Waals surface area contributed by atoms with Crippen molar-refractivity contribution in [1.82, 2.24) is 0 Å². The minimum absolute atomic E-state index is 0.0796. The summed E-state index contributed by atoms with van der Waals surface area (Å²) in [4.78, 5) is 11.7. The highest BCUT2D eigenvalue weighted by molar-refractivity contribution is 6.32. The largest absolute Gasteiger partial charge is 0.459 e. The molecule has 0 fully saturated rings. The zero-order chi connectivity index (χ0) is 15.2. The second kappa shape index (κ2) is 6.97. The molecule has 1 heterocycles. The Kier molecular flexibility index (Phi) is 5.04. The number of rotatable bonds is 5. The maximum Gasteiger partial charge on any atom is 0.348 e. The van der Waals surface area contributed by atoms with E-state index in [0.717, 1.165) is 0 Å². The highest BCUT2D eigenvalue weighted by atomic mass is 35.5. The van der Waals surface area contributed by atoms with Crippen LogP contribution in [0.2, 0.25) is 5.02 Å². The quantitative estimate of drug-likeness (QED) is 0.359. The first kappa shape index (κ1) is 15.2. The van der Waals surface area contributed by atoms with Crippen LogP contribution in [0.1, 0.15) is 5.56 Å². The summed E-state index contributed by atoms with van der Waals surface area (Å²) < 4.78 is 20.1. The number of hydrogen-bond acceptors (Lipinski definition) is 6. The van der Waals surface area contributed by atoms with E-state index in [0.29, 0.717) is 22.1 Å². The molecule has 0 aromatic heterocycles. The van der Waals surface area contributed by atoms with Crippen LogP contribution in [0, 0.1) is 11.3 Å². The van der Waals surface area contributed by atoms with Gasteiger partial charge in [-0.05, 0) is 23.8 Å². The Labute approximate surface area is 126 Å². The molecule has 110 valence electrons. The number of halogens is 1. The number of carbonyl (C=O) groups excluding carboxylic acids is 1. The van der Waals surface area contributed by atoms with Gasteiger partial charge in [0, 0.05) is 7.11 Å². The van der Waals surface area contributed by atoms with Crippen molar-refractivity contribution in [3.8, 4) is 17.6 Å². The monoisotopic (exact) mass is 309 g/mol. The van der Waals surface area contributed by atoms with E-state index in [1.54, 1.807) is 18.2 Å². The molecule has 7 heteroatoms. The first-order valence-corrected chi connectivity index (χ1v) is 6.40. The van der Waals surface area contributed by atoms with Crippen molar-refractivity contribution in [3.63, 3.8) is 0 Å². The Hall–Kier alpha value is -2.23. The average molecular weight is 310 g/mol. The van der Waals surface area contributed by atoms with Crippen molar-refractivity contribution in [2.24, 2.45) is 0 Å². The number of nitriles is 1. The van der Waals surface area contributed by atoms with Gasteiger partial charge in [-0.25, -0.2) is 4.79 Å². The minimum Gasteiger partial charge on any atom is -0.459 e. The normalized spacial score (nSPS) is 12.9. The van der Waals surface area contributed by atoms with E-state index in [4.69, 9.17) is 35.8 Å². The molecule has 0 N–H and O–H groups in total. The standard InChI is InChI=1S/C14H12ClNO5/c1-18-2-3-19-14(17)10(7-16)4-9-5-11(15)13-12(6-9)20-8-21-13/h4-6H,2-3,8H2,1H3/b10-4+. The molecule has 1 aliphatic heterocycles. The Morgan fingerprint density at radius 2 is 2.29 bits per heavy atom. The lowest BCUT2D eigenvalue weighted by Gasteiger charge is -2.04. The Morgan fingerprint density at radius 3 is 3.00 bits per heavy atom. The summed E-state index contributed by atoms with van der Waals surface area (Å²) >= 11 is 6.03. The van der Waals surface area contributed by atoms with Crippen LogP contribution in [0.15, 0.2) is 17.7 Å². The van der Waals surface area contributed by atoms with Crippen LogP contribution in [0.4, 0.5) is 0 Å². The molecular formula is C14H12ClNO5. The SMILES string of the molecule is COCCOC(=O)/C(C#N)=C/c1cc(Cl)c2c(c1)OCO2. The molecule has 1 aromatic rings. The molecule has 1 aliphatic rings. The lowest BCUT2D eigenvalue weighted by Crippen LogP contribution is -2.11. The fraction of sp³-hybridized carbons (Fsp3) is 0.286. The van der Waals surface area contributed by atoms with Crippen LogP contribution in [0.25, 0.3) is 6.08 Å². The van der Waals surface area contributed by atoms with Crippen LogP contribution in [0.3, 0.4) is 0 Å². The summed E-state index contributed by atoms with van der Waals surface area (Å²) in [6.07, 6.45) is 1.38. The highest BCUT2D eigenvalue weighted by Crippen LogP contribution is 2.40. The van der Waals surface area contributed by atoms with Gasteiger partial charge in [-0.3, -0.25) is 0 Å². The number of methoxy groups -OCH3 is 1. The fourth-order valence-electron chi connectivity index (χ4n) is 1.67. The van der Waals surface area contributed by atoms with Gasteiger partial charge in [0.2, 0.25) is 6.79 Å². The van der Waals surface area contributed by atoms with Gasteiger partial charge in [-0.15, -0.1) is 0 Å². The van der Waals surface area contributed by atoms with Gasteiger partial charge in [0.15, 0.2) is 11.5 Å². The third-order valence-corrected chi connectivity index (χ3v) is 2.90. The molecule has 0 amide bonds. The molecule has 6 nitrogen and oxygen atoms in total. The van der Waals surface area contributed by atoms with Crippen molar-refractivity contribution >= 4 is 23.6 Å². The van der Waals surface area contributed by atoms with Crippen LogP contribution in [0.5, 0.6) is 11.5 Å². The summed E-state index contributed by atoms with van der Waals surface area (Å²) in [7, 11) is 1.49. The summed E-state index contributed by atoms with van der Waals surface area (Å²) in [5.41, 5.74) is 0.408. The molecule has 0 atom stereocenters. The molecule has 0 aliphatic carbocycles. The zero-order valence-corrected chi connectivity index (χ0v) is 12.0. The van der Waals surface area contributed by atoms with Crippen molar-refractivity contribution in [2.45, 2.75) is 0 Å². The van der Waals surface area contributed by atoms with Gasteiger partial charge in [0.1, 0.15) is 18.2 Å². The number of carbonyl (C=O) groups is 1. The van der Waals surface area contributed by atoms with Crippen LogP contribution < -0.4 is 9.47 Å². The third-order valence-electron chi connectivity index (χ3n) is 2.62. The molecular weight excluding hydrogens is 298 g/mol. The summed E-state index contributed by atoms with van der Waals surface area (Å²) in [5, 5.41) is 9.39. The summed E-state index contributed by atoms with van der Waals surface area (Å²) in [6.45, 7) is 0.433. The minimum atomic E-state index is -0.719. The highest BCUT2D eigenvalue weighted by Gasteiger charge is 2.19. The van der Waals surface area contributed by atoms with Crippen LogP contribution >= 0.6 is 11.6 Å². The molecule has 1 aromatic carbocycles. The third kappa shape index (κ3) is 3.66. The predicted molar refractivity (Wildman–Crippen MR) is 74.0 cm³/mol. The van der Waals surface area contributed by atoms with Gasteiger partial charge in [0.25, 0.3) is 0 Å². The van der Waals surface area contributed by atoms with Crippen molar-refractivity contribution in [1.29, 1.82) is 5.26 Å². The topological polar surface area (TPSA) is 77.8 Å². The smallest absolute Gasteiger partial charge is 0.348 e. The molecule has 0 saturated heterocycles. The molecule has 0 radical (unpaired) electrons. The lowest BCUT2D eigenvalue weighted by atomic mass is 10.1. The number of benzene rings is 1. The van der Waals surface area contributed by atoms with Gasteiger partial charge < -0.3 is 18.9 Å². The fourth-order valence-corrected chi connectivity index (χ4v) is 1.94. The van der Waals surface area contributed by atoms with E-state index in [9.17, 15) is 4.79 Å². The number of fused-ring (bicyclic) bond motifs is 1. The second-order valence-corrected chi connectivity index (χ2v) is 4.44.